The van der Waals surface area contributed by atoms with Gasteiger partial charge in [-0.1, -0.05) is 32.7 Å². The van der Waals surface area contributed by atoms with E-state index in [1.165, 1.54) is 19.3 Å². The van der Waals surface area contributed by atoms with E-state index >= 15 is 0 Å². The summed E-state index contributed by atoms with van der Waals surface area (Å²) < 4.78 is 14.7. The van der Waals surface area contributed by atoms with Gasteiger partial charge in [-0.2, -0.15) is 0 Å². The van der Waals surface area contributed by atoms with Crippen LogP contribution in [0.4, 0.5) is 4.79 Å². The maximum absolute atomic E-state index is 12.6. The molecule has 0 aromatic carbocycles. The highest BCUT2D eigenvalue weighted by Gasteiger charge is 2.48. The Kier molecular flexibility index (Phi) is 10.6. The van der Waals surface area contributed by atoms with Gasteiger partial charge in [0.2, 0.25) is 0 Å². The Labute approximate surface area is 239 Å². The summed E-state index contributed by atoms with van der Waals surface area (Å²) in [7, 11) is 0. The second kappa shape index (κ2) is 12.6. The molecule has 3 aliphatic heterocycles. The fourth-order valence-electron chi connectivity index (χ4n) is 7.05. The van der Waals surface area contributed by atoms with Crippen LogP contribution in [0.15, 0.2) is 0 Å². The molecule has 3 saturated heterocycles. The zero-order chi connectivity index (χ0) is 28.5. The lowest BCUT2D eigenvalue weighted by Crippen LogP contribution is -2.45. The molecule has 5 atom stereocenters. The fourth-order valence-corrected chi connectivity index (χ4v) is 8.01. The van der Waals surface area contributed by atoms with Crippen molar-refractivity contribution in [2.24, 2.45) is 17.3 Å². The first-order chi connectivity index (χ1) is 17.5. The molecular weight excluding hydrogens is 494 g/mol. The third-order valence-corrected chi connectivity index (χ3v) is 9.98. The van der Waals surface area contributed by atoms with E-state index in [-0.39, 0.29) is 11.7 Å². The molecule has 6 nitrogen and oxygen atoms in total. The highest BCUT2D eigenvalue weighted by Crippen LogP contribution is 2.48. The molecule has 3 fully saturated rings. The van der Waals surface area contributed by atoms with E-state index in [0.717, 1.165) is 45.4 Å². The average Bonchev–Trinajstić information content (AvgIpc) is 3.37. The topological polar surface area (TPSA) is 45.2 Å². The Morgan fingerprint density at radius 3 is 2.13 bits per heavy atom. The van der Waals surface area contributed by atoms with E-state index in [0.29, 0.717) is 41.5 Å². The van der Waals surface area contributed by atoms with Crippen LogP contribution in [0.1, 0.15) is 108 Å². The Morgan fingerprint density at radius 1 is 0.974 bits per heavy atom. The molecule has 3 rings (SSSR count). The third kappa shape index (κ3) is 8.50. The van der Waals surface area contributed by atoms with Crippen molar-refractivity contribution >= 4 is 18.0 Å². The molecule has 222 valence electrons. The van der Waals surface area contributed by atoms with Crippen LogP contribution in [0.5, 0.6) is 0 Å². The minimum Gasteiger partial charge on any atom is -0.444 e. The van der Waals surface area contributed by atoms with E-state index in [1.807, 2.05) is 37.6 Å². The van der Waals surface area contributed by atoms with E-state index in [4.69, 9.17) is 9.47 Å². The van der Waals surface area contributed by atoms with Crippen LogP contribution in [-0.4, -0.2) is 88.1 Å². The molecule has 0 saturated carbocycles. The maximum atomic E-state index is 12.6. The molecule has 3 heterocycles. The van der Waals surface area contributed by atoms with Crippen molar-refractivity contribution in [2.45, 2.75) is 143 Å². The van der Waals surface area contributed by atoms with Gasteiger partial charge in [0.15, 0.2) is 0 Å². The summed E-state index contributed by atoms with van der Waals surface area (Å²) in [6.07, 6.45) is 9.51. The van der Waals surface area contributed by atoms with Crippen LogP contribution in [0, 0.1) is 17.3 Å². The zero-order valence-electron chi connectivity index (χ0n) is 26.5. The SMILES string of the molecule is CSN1CC2(CCN(C(=O)OC(C)(C)C)CC2)CC1C(C)CCC(C)N1CC(OC(C)(C)C)CC1C(C)C. The van der Waals surface area contributed by atoms with Gasteiger partial charge >= 0.3 is 6.09 Å². The van der Waals surface area contributed by atoms with Gasteiger partial charge < -0.3 is 14.4 Å². The normalized spacial score (nSPS) is 28.8. The first-order valence-electron chi connectivity index (χ1n) is 15.2. The van der Waals surface area contributed by atoms with Crippen molar-refractivity contribution in [3.8, 4) is 0 Å². The van der Waals surface area contributed by atoms with Crippen molar-refractivity contribution in [1.29, 1.82) is 0 Å². The minimum absolute atomic E-state index is 0.0806. The summed E-state index contributed by atoms with van der Waals surface area (Å²) in [6.45, 7) is 25.9. The van der Waals surface area contributed by atoms with Gasteiger partial charge in [-0.25, -0.2) is 9.10 Å². The first-order valence-corrected chi connectivity index (χ1v) is 16.4. The number of hydrogen-bond donors (Lipinski definition) is 0. The van der Waals surface area contributed by atoms with E-state index in [2.05, 4.69) is 63.9 Å². The van der Waals surface area contributed by atoms with Crippen molar-refractivity contribution in [2.75, 3.05) is 32.4 Å². The monoisotopic (exact) mass is 553 g/mol. The number of rotatable bonds is 8. The Hall–Kier alpha value is -0.500. The summed E-state index contributed by atoms with van der Waals surface area (Å²) in [6, 6.07) is 1.80. The van der Waals surface area contributed by atoms with Crippen molar-refractivity contribution in [3.63, 3.8) is 0 Å². The standard InChI is InChI=1S/C31H59N3O3S/c1-22(2)26-18-25(36-29(5,6)7)20-33(26)24(4)13-12-23(3)27-19-31(21-34(27)38-11)14-16-32(17-15-31)28(35)37-30(8,9)10/h22-27H,12-21H2,1-11H3. The molecule has 0 bridgehead atoms. The second-order valence-electron chi connectivity index (χ2n) is 15.0. The van der Waals surface area contributed by atoms with Crippen LogP contribution in [0.25, 0.3) is 0 Å². The van der Waals surface area contributed by atoms with Gasteiger partial charge in [0.05, 0.1) is 11.7 Å². The number of piperidine rings is 1. The molecule has 7 heteroatoms. The van der Waals surface area contributed by atoms with E-state index in [9.17, 15) is 4.79 Å². The molecule has 0 aromatic rings. The first kappa shape index (κ1) is 32.0. The lowest BCUT2D eigenvalue weighted by atomic mass is 9.75. The predicted molar refractivity (Wildman–Crippen MR) is 161 cm³/mol. The van der Waals surface area contributed by atoms with Crippen LogP contribution in [0.2, 0.25) is 0 Å². The van der Waals surface area contributed by atoms with E-state index in [1.54, 1.807) is 0 Å². The van der Waals surface area contributed by atoms with Gasteiger partial charge in [0.1, 0.15) is 5.60 Å². The number of amides is 1. The lowest BCUT2D eigenvalue weighted by molar-refractivity contribution is -0.0552. The number of carbonyl (C=O) groups excluding carboxylic acids is 1. The Morgan fingerprint density at radius 2 is 1.61 bits per heavy atom. The summed E-state index contributed by atoms with van der Waals surface area (Å²) in [5, 5.41) is 0. The Balaban J connectivity index is 1.54. The lowest BCUT2D eigenvalue weighted by Gasteiger charge is -2.39. The number of hydrogen-bond acceptors (Lipinski definition) is 6. The van der Waals surface area contributed by atoms with E-state index < -0.39 is 5.60 Å². The molecular formula is C31H59N3O3S. The van der Waals surface area contributed by atoms with Crippen LogP contribution >= 0.6 is 11.9 Å². The summed E-state index contributed by atoms with van der Waals surface area (Å²) in [5.74, 6) is 1.31. The molecule has 0 N–H and O–H groups in total. The fraction of sp³-hybridized carbons (Fsp3) is 0.968. The van der Waals surface area contributed by atoms with Crippen molar-refractivity contribution in [1.82, 2.24) is 14.1 Å². The molecule has 0 aliphatic carbocycles. The number of likely N-dealkylation sites (tertiary alicyclic amines) is 2. The Bertz CT molecular complexity index is 769. The second-order valence-corrected chi connectivity index (χ2v) is 15.8. The molecule has 1 spiro atoms. The number of ether oxygens (including phenoxy) is 2. The molecule has 0 radical (unpaired) electrons. The zero-order valence-corrected chi connectivity index (χ0v) is 27.3. The van der Waals surface area contributed by atoms with Crippen LogP contribution in [-0.2, 0) is 9.47 Å². The van der Waals surface area contributed by atoms with Gasteiger partial charge in [-0.05, 0) is 110 Å². The predicted octanol–water partition coefficient (Wildman–Crippen LogP) is 7.07. The van der Waals surface area contributed by atoms with Crippen LogP contribution in [0.3, 0.4) is 0 Å². The number of nitrogens with zero attached hydrogens (tertiary/aromatic N) is 3. The maximum Gasteiger partial charge on any atom is 0.410 e. The van der Waals surface area contributed by atoms with Crippen molar-refractivity contribution < 1.29 is 14.3 Å². The molecule has 1 amide bonds. The summed E-state index contributed by atoms with van der Waals surface area (Å²) in [4.78, 5) is 17.3. The highest BCUT2D eigenvalue weighted by atomic mass is 32.2. The molecule has 38 heavy (non-hydrogen) atoms. The average molecular weight is 554 g/mol. The molecule has 3 aliphatic rings. The smallest absolute Gasteiger partial charge is 0.410 e. The van der Waals surface area contributed by atoms with Crippen molar-refractivity contribution in [3.05, 3.63) is 0 Å². The molecule has 0 aromatic heterocycles. The van der Waals surface area contributed by atoms with Gasteiger partial charge in [0.25, 0.3) is 0 Å². The molecule has 5 unspecified atom stereocenters. The minimum atomic E-state index is -0.433. The quantitative estimate of drug-likeness (QED) is 0.300. The van der Waals surface area contributed by atoms with Gasteiger partial charge in [-0.3, -0.25) is 4.90 Å². The highest BCUT2D eigenvalue weighted by molar-refractivity contribution is 7.96. The van der Waals surface area contributed by atoms with Gasteiger partial charge in [-0.15, -0.1) is 0 Å². The summed E-state index contributed by atoms with van der Waals surface area (Å²) >= 11 is 1.92. The number of carbonyl (C=O) groups is 1. The third-order valence-electron chi connectivity index (χ3n) is 9.11. The largest absolute Gasteiger partial charge is 0.444 e. The summed E-state index contributed by atoms with van der Waals surface area (Å²) in [5.41, 5.74) is -0.179. The van der Waals surface area contributed by atoms with Gasteiger partial charge in [0, 0.05) is 44.3 Å². The van der Waals surface area contributed by atoms with Crippen LogP contribution < -0.4 is 0 Å².